The molecule has 0 atom stereocenters. The monoisotopic (exact) mass is 226 g/mol. The van der Waals surface area contributed by atoms with Crippen LogP contribution in [0.5, 0.6) is 0 Å². The maximum atomic E-state index is 12.1. The second kappa shape index (κ2) is 3.70. The molecule has 3 N–H and O–H groups in total. The van der Waals surface area contributed by atoms with Crippen LogP contribution in [-0.4, -0.2) is 40.1 Å². The number of aliphatic hydroxyl groups is 1. The van der Waals surface area contributed by atoms with Gasteiger partial charge in [0.05, 0.1) is 18.6 Å². The average Bonchev–Trinajstić information content (AvgIpc) is 3.06. The van der Waals surface area contributed by atoms with Gasteiger partial charge in [-0.25, -0.2) is 0 Å². The van der Waals surface area contributed by atoms with E-state index in [1.807, 2.05) is 13.8 Å². The van der Waals surface area contributed by atoms with Crippen molar-refractivity contribution in [2.45, 2.75) is 50.7 Å². The third-order valence-electron chi connectivity index (χ3n) is 4.24. The number of likely N-dealkylation sites (tertiary alicyclic amines) is 1. The number of β-amino-alcohol motifs (C(OH)–C–C–N with tert-alkyl or cyclic N) is 1. The van der Waals surface area contributed by atoms with Gasteiger partial charge in [-0.2, -0.15) is 0 Å². The quantitative estimate of drug-likeness (QED) is 0.733. The maximum absolute atomic E-state index is 12.1. The van der Waals surface area contributed by atoms with Crippen molar-refractivity contribution in [3.8, 4) is 0 Å². The SMILES string of the molecule is CCC(N)(CC)C(=O)N1CC(O)(C2CC2)C1. The topological polar surface area (TPSA) is 66.6 Å². The second-order valence-electron chi connectivity index (χ2n) is 5.40. The predicted molar refractivity (Wildman–Crippen MR) is 61.8 cm³/mol. The molecule has 0 aromatic rings. The lowest BCUT2D eigenvalue weighted by Crippen LogP contribution is -2.69. The highest BCUT2D eigenvalue weighted by Crippen LogP contribution is 2.45. The van der Waals surface area contributed by atoms with Crippen LogP contribution in [0.4, 0.5) is 0 Å². The smallest absolute Gasteiger partial charge is 0.242 e. The molecule has 0 bridgehead atoms. The summed E-state index contributed by atoms with van der Waals surface area (Å²) in [5, 5.41) is 10.1. The molecule has 2 aliphatic rings. The van der Waals surface area contributed by atoms with Gasteiger partial charge in [0.2, 0.25) is 5.91 Å². The van der Waals surface area contributed by atoms with Gasteiger partial charge in [-0.3, -0.25) is 4.79 Å². The van der Waals surface area contributed by atoms with Crippen LogP contribution < -0.4 is 5.73 Å². The molecule has 1 heterocycles. The van der Waals surface area contributed by atoms with E-state index in [0.29, 0.717) is 31.8 Å². The summed E-state index contributed by atoms with van der Waals surface area (Å²) >= 11 is 0. The predicted octanol–water partition coefficient (Wildman–Crippen LogP) is 0.487. The van der Waals surface area contributed by atoms with Crippen molar-refractivity contribution < 1.29 is 9.90 Å². The van der Waals surface area contributed by atoms with E-state index in [-0.39, 0.29) is 5.91 Å². The first-order valence-electron chi connectivity index (χ1n) is 6.26. The molecular formula is C12H22N2O2. The van der Waals surface area contributed by atoms with Crippen molar-refractivity contribution in [2.75, 3.05) is 13.1 Å². The van der Waals surface area contributed by atoms with Crippen LogP contribution in [0.1, 0.15) is 39.5 Å². The fourth-order valence-electron chi connectivity index (χ4n) is 2.50. The van der Waals surface area contributed by atoms with Gasteiger partial charge in [-0.15, -0.1) is 0 Å². The van der Waals surface area contributed by atoms with Gasteiger partial charge in [0, 0.05) is 0 Å². The first-order valence-corrected chi connectivity index (χ1v) is 6.26. The molecule has 4 heteroatoms. The average molecular weight is 226 g/mol. The number of hydrogen-bond donors (Lipinski definition) is 2. The van der Waals surface area contributed by atoms with Gasteiger partial charge in [-0.05, 0) is 31.6 Å². The number of nitrogens with zero attached hydrogens (tertiary/aromatic N) is 1. The molecule has 2 fully saturated rings. The molecule has 0 aromatic heterocycles. The summed E-state index contributed by atoms with van der Waals surface area (Å²) in [6, 6.07) is 0. The summed E-state index contributed by atoms with van der Waals surface area (Å²) < 4.78 is 0. The third-order valence-corrected chi connectivity index (χ3v) is 4.24. The molecule has 0 aromatic carbocycles. The molecule has 0 unspecified atom stereocenters. The number of carbonyl (C=O) groups is 1. The van der Waals surface area contributed by atoms with Crippen molar-refractivity contribution in [3.05, 3.63) is 0 Å². The maximum Gasteiger partial charge on any atom is 0.242 e. The lowest BCUT2D eigenvalue weighted by Gasteiger charge is -2.49. The van der Waals surface area contributed by atoms with Crippen molar-refractivity contribution in [2.24, 2.45) is 11.7 Å². The van der Waals surface area contributed by atoms with Crippen LogP contribution in [-0.2, 0) is 4.79 Å². The van der Waals surface area contributed by atoms with E-state index < -0.39 is 11.1 Å². The number of hydrogen-bond acceptors (Lipinski definition) is 3. The Morgan fingerprint density at radius 1 is 1.44 bits per heavy atom. The molecule has 0 radical (unpaired) electrons. The minimum Gasteiger partial charge on any atom is -0.386 e. The molecule has 1 saturated heterocycles. The van der Waals surface area contributed by atoms with Gasteiger partial charge < -0.3 is 15.7 Å². The van der Waals surface area contributed by atoms with Gasteiger partial charge in [0.15, 0.2) is 0 Å². The first kappa shape index (κ1) is 11.9. The zero-order valence-corrected chi connectivity index (χ0v) is 10.2. The van der Waals surface area contributed by atoms with E-state index >= 15 is 0 Å². The fourth-order valence-corrected chi connectivity index (χ4v) is 2.50. The van der Waals surface area contributed by atoms with Crippen molar-refractivity contribution >= 4 is 5.91 Å². The fraction of sp³-hybridized carbons (Fsp3) is 0.917. The zero-order chi connectivity index (χ0) is 12.0. The van der Waals surface area contributed by atoms with Crippen LogP contribution in [0.15, 0.2) is 0 Å². The lowest BCUT2D eigenvalue weighted by molar-refractivity contribution is -0.165. The first-order chi connectivity index (χ1) is 7.45. The van der Waals surface area contributed by atoms with E-state index in [1.54, 1.807) is 4.90 Å². The minimum atomic E-state index is -0.731. The Labute approximate surface area is 96.8 Å². The minimum absolute atomic E-state index is 0.00262. The van der Waals surface area contributed by atoms with E-state index in [4.69, 9.17) is 5.73 Å². The van der Waals surface area contributed by atoms with E-state index in [0.717, 1.165) is 12.8 Å². The molecule has 1 saturated carbocycles. The highest BCUT2D eigenvalue weighted by atomic mass is 16.3. The number of rotatable bonds is 4. The summed E-state index contributed by atoms with van der Waals surface area (Å²) in [5.41, 5.74) is 4.73. The summed E-state index contributed by atoms with van der Waals surface area (Å²) in [7, 11) is 0. The molecule has 1 aliphatic carbocycles. The lowest BCUT2D eigenvalue weighted by atomic mass is 9.84. The van der Waals surface area contributed by atoms with Crippen LogP contribution >= 0.6 is 0 Å². The highest BCUT2D eigenvalue weighted by molar-refractivity contribution is 5.87. The largest absolute Gasteiger partial charge is 0.386 e. The summed E-state index contributed by atoms with van der Waals surface area (Å²) in [4.78, 5) is 13.8. The highest BCUT2D eigenvalue weighted by Gasteiger charge is 2.54. The van der Waals surface area contributed by atoms with Gasteiger partial charge in [0.1, 0.15) is 5.60 Å². The third kappa shape index (κ3) is 1.74. The van der Waals surface area contributed by atoms with Gasteiger partial charge >= 0.3 is 0 Å². The molecule has 4 nitrogen and oxygen atoms in total. The number of nitrogens with two attached hydrogens (primary N) is 1. The van der Waals surface area contributed by atoms with Crippen LogP contribution in [0, 0.1) is 5.92 Å². The van der Waals surface area contributed by atoms with Crippen LogP contribution in [0.3, 0.4) is 0 Å². The molecule has 92 valence electrons. The van der Waals surface area contributed by atoms with Gasteiger partial charge in [0.25, 0.3) is 0 Å². The van der Waals surface area contributed by atoms with Crippen LogP contribution in [0.25, 0.3) is 0 Å². The van der Waals surface area contributed by atoms with Crippen molar-refractivity contribution in [1.82, 2.24) is 4.90 Å². The Hall–Kier alpha value is -0.610. The molecule has 2 rings (SSSR count). The van der Waals surface area contributed by atoms with Crippen molar-refractivity contribution in [3.63, 3.8) is 0 Å². The molecule has 0 spiro atoms. The van der Waals surface area contributed by atoms with Crippen LogP contribution in [0.2, 0.25) is 0 Å². The number of carbonyl (C=O) groups excluding carboxylic acids is 1. The summed E-state index contributed by atoms with van der Waals surface area (Å²) in [6.07, 6.45) is 3.52. The van der Waals surface area contributed by atoms with Gasteiger partial charge in [-0.1, -0.05) is 13.8 Å². The zero-order valence-electron chi connectivity index (χ0n) is 10.2. The Morgan fingerprint density at radius 2 is 1.94 bits per heavy atom. The molecule has 1 amide bonds. The second-order valence-corrected chi connectivity index (χ2v) is 5.40. The van der Waals surface area contributed by atoms with E-state index in [1.165, 1.54) is 0 Å². The van der Waals surface area contributed by atoms with Crippen molar-refractivity contribution in [1.29, 1.82) is 0 Å². The summed E-state index contributed by atoms with van der Waals surface area (Å²) in [6.45, 7) is 4.84. The normalized spacial score (nSPS) is 24.1. The number of amides is 1. The molecule has 16 heavy (non-hydrogen) atoms. The van der Waals surface area contributed by atoms with E-state index in [2.05, 4.69) is 0 Å². The standard InChI is InChI=1S/C12H22N2O2/c1-3-11(13,4-2)10(15)14-7-12(16,8-14)9-5-6-9/h9,16H,3-8,13H2,1-2H3. The molecular weight excluding hydrogens is 204 g/mol. The molecule has 1 aliphatic heterocycles. The Morgan fingerprint density at radius 3 is 2.31 bits per heavy atom. The Kier molecular flexibility index (Phi) is 2.75. The van der Waals surface area contributed by atoms with E-state index in [9.17, 15) is 9.90 Å². The Bertz CT molecular complexity index is 289. The Balaban J connectivity index is 1.93. The summed E-state index contributed by atoms with van der Waals surface area (Å²) in [5.74, 6) is 0.426.